The maximum Gasteiger partial charge on any atom is 0.256 e. The number of carbonyl (C=O) groups excluding carboxylic acids is 2. The smallest absolute Gasteiger partial charge is 0.256 e. The molecule has 3 heterocycles. The van der Waals surface area contributed by atoms with Gasteiger partial charge >= 0.3 is 0 Å². The molecule has 1 aromatic heterocycles. The van der Waals surface area contributed by atoms with Crippen LogP contribution in [-0.2, 0) is 16.0 Å². The lowest BCUT2D eigenvalue weighted by Crippen LogP contribution is -2.62. The lowest BCUT2D eigenvalue weighted by molar-refractivity contribution is -0.170. The van der Waals surface area contributed by atoms with Gasteiger partial charge in [-0.05, 0) is 55.9 Å². The predicted octanol–water partition coefficient (Wildman–Crippen LogP) is 4.88. The molecule has 0 bridgehead atoms. The van der Waals surface area contributed by atoms with E-state index in [1.807, 2.05) is 53.4 Å². The minimum Gasteiger partial charge on any atom is -0.491 e. The molecule has 1 unspecified atom stereocenters. The van der Waals surface area contributed by atoms with E-state index in [0.29, 0.717) is 44.8 Å². The van der Waals surface area contributed by atoms with Crippen LogP contribution in [0.3, 0.4) is 0 Å². The summed E-state index contributed by atoms with van der Waals surface area (Å²) in [5.74, 6) is 0.764. The van der Waals surface area contributed by atoms with Gasteiger partial charge in [-0.15, -0.1) is 0 Å². The number of morpholine rings is 1. The van der Waals surface area contributed by atoms with Crippen LogP contribution in [0.25, 0.3) is 10.9 Å². The zero-order chi connectivity index (χ0) is 26.4. The molecule has 0 radical (unpaired) electrons. The van der Waals surface area contributed by atoms with E-state index >= 15 is 0 Å². The van der Waals surface area contributed by atoms with E-state index < -0.39 is 5.60 Å². The number of para-hydroxylation sites is 2. The third-order valence-corrected chi connectivity index (χ3v) is 7.64. The quantitative estimate of drug-likeness (QED) is 0.495. The molecule has 2 aliphatic rings. The summed E-state index contributed by atoms with van der Waals surface area (Å²) >= 11 is 0. The number of pyridine rings is 1. The van der Waals surface area contributed by atoms with Gasteiger partial charge in [0.2, 0.25) is 0 Å². The minimum absolute atomic E-state index is 0.0301. The van der Waals surface area contributed by atoms with Crippen molar-refractivity contribution in [2.75, 3.05) is 39.4 Å². The summed E-state index contributed by atoms with van der Waals surface area (Å²) in [7, 11) is 0. The normalized spacial score (nSPS) is 20.9. The standard InChI is InChI=1S/C31H37N3O4/c1-2-3-16-33-17-19-37-28-14-7-5-10-24(28)11-8-9-15-31(30(33)36)23-34(18-20-38-31)29(35)26-21-25-12-4-6-13-27(25)32-22-26/h4-7,10,12-14,21-22H,2-3,8-9,11,15-20,23H2,1H3. The highest BCUT2D eigenvalue weighted by Crippen LogP contribution is 2.30. The van der Waals surface area contributed by atoms with Gasteiger partial charge in [0.15, 0.2) is 5.60 Å². The first-order valence-corrected chi connectivity index (χ1v) is 13.9. The van der Waals surface area contributed by atoms with Crippen molar-refractivity contribution in [3.8, 4) is 5.75 Å². The van der Waals surface area contributed by atoms with Gasteiger partial charge in [0.25, 0.3) is 11.8 Å². The number of benzene rings is 2. The van der Waals surface area contributed by atoms with E-state index in [2.05, 4.69) is 18.0 Å². The first-order valence-electron chi connectivity index (χ1n) is 13.9. The van der Waals surface area contributed by atoms with Crippen LogP contribution in [0.4, 0.5) is 0 Å². The van der Waals surface area contributed by atoms with Crippen LogP contribution in [0.5, 0.6) is 5.75 Å². The molecule has 200 valence electrons. The lowest BCUT2D eigenvalue weighted by Gasteiger charge is -2.44. The summed E-state index contributed by atoms with van der Waals surface area (Å²) in [4.78, 5) is 35.9. The molecule has 7 heteroatoms. The number of nitrogens with zero attached hydrogens (tertiary/aromatic N) is 3. The van der Waals surface area contributed by atoms with Crippen molar-refractivity contribution in [2.45, 2.75) is 51.0 Å². The van der Waals surface area contributed by atoms with Gasteiger partial charge in [0, 0.05) is 24.7 Å². The summed E-state index contributed by atoms with van der Waals surface area (Å²) in [6.45, 7) is 4.71. The predicted molar refractivity (Wildman–Crippen MR) is 147 cm³/mol. The van der Waals surface area contributed by atoms with Crippen LogP contribution >= 0.6 is 0 Å². The molecule has 38 heavy (non-hydrogen) atoms. The highest BCUT2D eigenvalue weighted by molar-refractivity contribution is 5.98. The van der Waals surface area contributed by atoms with E-state index in [1.165, 1.54) is 5.56 Å². The Morgan fingerprint density at radius 1 is 1.05 bits per heavy atom. The molecule has 2 aromatic carbocycles. The summed E-state index contributed by atoms with van der Waals surface area (Å²) in [5, 5.41) is 0.925. The molecule has 0 saturated carbocycles. The Bertz CT molecular complexity index is 1280. The summed E-state index contributed by atoms with van der Waals surface area (Å²) in [6, 6.07) is 17.8. The molecule has 1 atom stereocenters. The second-order valence-corrected chi connectivity index (χ2v) is 10.3. The van der Waals surface area contributed by atoms with Crippen molar-refractivity contribution in [3.63, 3.8) is 0 Å². The van der Waals surface area contributed by atoms with E-state index in [-0.39, 0.29) is 18.4 Å². The van der Waals surface area contributed by atoms with Gasteiger partial charge < -0.3 is 19.3 Å². The largest absolute Gasteiger partial charge is 0.491 e. The highest BCUT2D eigenvalue weighted by Gasteiger charge is 2.46. The summed E-state index contributed by atoms with van der Waals surface area (Å²) in [6.07, 6.45) is 6.73. The monoisotopic (exact) mass is 515 g/mol. The SMILES string of the molecule is CCCCN1CCOc2ccccc2CCCCC2(CN(C(=O)c3cnc4ccccc4c3)CCO2)C1=O. The van der Waals surface area contributed by atoms with Crippen molar-refractivity contribution >= 4 is 22.7 Å². The maximum atomic E-state index is 14.2. The molecule has 5 rings (SSSR count). The second kappa shape index (κ2) is 11.9. The van der Waals surface area contributed by atoms with Crippen LogP contribution in [0.15, 0.2) is 60.8 Å². The lowest BCUT2D eigenvalue weighted by atomic mass is 9.90. The topological polar surface area (TPSA) is 72.0 Å². The minimum atomic E-state index is -1.05. The van der Waals surface area contributed by atoms with Gasteiger partial charge in [-0.25, -0.2) is 0 Å². The number of unbranched alkanes of at least 4 members (excludes halogenated alkanes) is 1. The van der Waals surface area contributed by atoms with Crippen molar-refractivity contribution in [1.29, 1.82) is 0 Å². The average Bonchev–Trinajstić information content (AvgIpc) is 2.96. The Morgan fingerprint density at radius 3 is 2.79 bits per heavy atom. The fourth-order valence-electron chi connectivity index (χ4n) is 5.51. The summed E-state index contributed by atoms with van der Waals surface area (Å²) in [5.41, 5.74) is 1.53. The Labute approximate surface area is 224 Å². The zero-order valence-electron chi connectivity index (χ0n) is 22.2. The van der Waals surface area contributed by atoms with Crippen molar-refractivity contribution < 1.29 is 19.1 Å². The zero-order valence-corrected chi connectivity index (χ0v) is 22.2. The van der Waals surface area contributed by atoms with E-state index in [0.717, 1.165) is 48.8 Å². The molecule has 1 saturated heterocycles. The van der Waals surface area contributed by atoms with Gasteiger partial charge in [0.05, 0.1) is 30.8 Å². The fraction of sp³-hybridized carbons (Fsp3) is 0.452. The van der Waals surface area contributed by atoms with E-state index in [4.69, 9.17) is 9.47 Å². The van der Waals surface area contributed by atoms with Crippen molar-refractivity contribution in [3.05, 3.63) is 71.9 Å². The van der Waals surface area contributed by atoms with Gasteiger partial charge in [-0.2, -0.15) is 0 Å². The Hall–Kier alpha value is -3.45. The Balaban J connectivity index is 1.40. The maximum absolute atomic E-state index is 14.2. The van der Waals surface area contributed by atoms with E-state index in [1.54, 1.807) is 11.1 Å². The number of hydrogen-bond donors (Lipinski definition) is 0. The first kappa shape index (κ1) is 26.2. The van der Waals surface area contributed by atoms with Crippen molar-refractivity contribution in [1.82, 2.24) is 14.8 Å². The average molecular weight is 516 g/mol. The number of carbonyl (C=O) groups is 2. The first-order chi connectivity index (χ1) is 18.6. The van der Waals surface area contributed by atoms with Crippen molar-refractivity contribution in [2.24, 2.45) is 0 Å². The molecule has 0 aliphatic carbocycles. The Morgan fingerprint density at radius 2 is 1.89 bits per heavy atom. The molecule has 2 aliphatic heterocycles. The molecular formula is C31H37N3O4. The van der Waals surface area contributed by atoms with Crippen LogP contribution in [0.1, 0.15) is 54.9 Å². The molecular weight excluding hydrogens is 478 g/mol. The molecule has 3 aromatic rings. The third kappa shape index (κ3) is 5.68. The Kier molecular flexibility index (Phi) is 8.23. The number of hydrogen-bond acceptors (Lipinski definition) is 5. The highest BCUT2D eigenvalue weighted by atomic mass is 16.5. The van der Waals surface area contributed by atoms with Crippen LogP contribution in [0, 0.1) is 0 Å². The fourth-order valence-corrected chi connectivity index (χ4v) is 5.51. The molecule has 1 spiro atoms. The number of rotatable bonds is 4. The van der Waals surface area contributed by atoms with Gasteiger partial charge in [0.1, 0.15) is 12.4 Å². The van der Waals surface area contributed by atoms with E-state index in [9.17, 15) is 9.59 Å². The molecule has 7 nitrogen and oxygen atoms in total. The number of amides is 2. The summed E-state index contributed by atoms with van der Waals surface area (Å²) < 4.78 is 12.5. The number of fused-ring (bicyclic) bond motifs is 2. The molecule has 2 amide bonds. The number of ether oxygens (including phenoxy) is 2. The number of aryl methyl sites for hydroxylation is 1. The second-order valence-electron chi connectivity index (χ2n) is 10.3. The van der Waals surface area contributed by atoms with Crippen LogP contribution in [-0.4, -0.2) is 71.6 Å². The van der Waals surface area contributed by atoms with Crippen LogP contribution in [0.2, 0.25) is 0 Å². The number of aromatic nitrogens is 1. The van der Waals surface area contributed by atoms with Crippen LogP contribution < -0.4 is 4.74 Å². The van der Waals surface area contributed by atoms with Gasteiger partial charge in [-0.1, -0.05) is 49.7 Å². The third-order valence-electron chi connectivity index (χ3n) is 7.64. The van der Waals surface area contributed by atoms with Gasteiger partial charge in [-0.3, -0.25) is 14.6 Å². The molecule has 0 N–H and O–H groups in total. The molecule has 1 fully saturated rings.